The summed E-state index contributed by atoms with van der Waals surface area (Å²) >= 11 is 0. The molecule has 1 rings (SSSR count). The lowest BCUT2D eigenvalue weighted by Gasteiger charge is -2.06. The van der Waals surface area contributed by atoms with Crippen molar-refractivity contribution in [3.05, 3.63) is 35.4 Å². The molecule has 0 saturated heterocycles. The van der Waals surface area contributed by atoms with Crippen LogP contribution >= 0.6 is 0 Å². The van der Waals surface area contributed by atoms with E-state index in [2.05, 4.69) is 5.32 Å². The van der Waals surface area contributed by atoms with Crippen molar-refractivity contribution in [2.24, 2.45) is 0 Å². The number of nitrogens with one attached hydrogen (secondary N) is 1. The summed E-state index contributed by atoms with van der Waals surface area (Å²) in [5, 5.41) is 11.3. The zero-order chi connectivity index (χ0) is 11.3. The van der Waals surface area contributed by atoms with Gasteiger partial charge in [-0.1, -0.05) is 18.2 Å². The molecule has 15 heavy (non-hydrogen) atoms. The third-order valence-electron chi connectivity index (χ3n) is 1.86. The fourth-order valence-corrected chi connectivity index (χ4v) is 1.20. The molecule has 0 atom stereocenters. The Kier molecular flexibility index (Phi) is 4.17. The molecule has 0 bridgehead atoms. The van der Waals surface area contributed by atoms with Crippen LogP contribution in [0.5, 0.6) is 0 Å². The number of carboxylic acids is 1. The van der Waals surface area contributed by atoms with Gasteiger partial charge >= 0.3 is 5.97 Å². The average Bonchev–Trinajstić information content (AvgIpc) is 2.17. The second-order valence-corrected chi connectivity index (χ2v) is 2.98. The lowest BCUT2D eigenvalue weighted by Crippen LogP contribution is -2.21. The summed E-state index contributed by atoms with van der Waals surface area (Å²) in [7, 11) is 0. The van der Waals surface area contributed by atoms with Gasteiger partial charge in [-0.2, -0.15) is 0 Å². The molecule has 0 aliphatic rings. The predicted octanol–water partition coefficient (Wildman–Crippen LogP) is 1.74. The van der Waals surface area contributed by atoms with Crippen molar-refractivity contribution in [2.45, 2.75) is 13.0 Å². The molecule has 0 aromatic heterocycles. The molecule has 1 aromatic carbocycles. The van der Waals surface area contributed by atoms with E-state index in [-0.39, 0.29) is 12.1 Å². The number of hydrogen-bond acceptors (Lipinski definition) is 2. The van der Waals surface area contributed by atoms with E-state index >= 15 is 0 Å². The van der Waals surface area contributed by atoms with Crippen LogP contribution < -0.4 is 5.32 Å². The van der Waals surface area contributed by atoms with Gasteiger partial charge in [0.05, 0.1) is 12.1 Å². The van der Waals surface area contributed by atoms with Crippen molar-refractivity contribution in [1.82, 2.24) is 5.32 Å². The maximum Gasteiger partial charge on any atom is 0.336 e. The highest BCUT2D eigenvalue weighted by molar-refractivity contribution is 5.89. The first-order chi connectivity index (χ1) is 7.11. The van der Waals surface area contributed by atoms with E-state index in [1.807, 2.05) is 0 Å². The lowest BCUT2D eigenvalue weighted by molar-refractivity contribution is 0.0695. The van der Waals surface area contributed by atoms with Crippen LogP contribution in [0.25, 0.3) is 0 Å². The molecule has 0 aliphatic carbocycles. The Labute approximate surface area is 85.7 Å². The van der Waals surface area contributed by atoms with Gasteiger partial charge in [0, 0.05) is 6.54 Å². The summed E-state index contributed by atoms with van der Waals surface area (Å²) in [5.74, 6) is -1.05. The number of hydrogen-bond donors (Lipinski definition) is 2. The summed E-state index contributed by atoms with van der Waals surface area (Å²) in [6.07, 6.45) is -2.43. The van der Waals surface area contributed by atoms with Gasteiger partial charge in [-0.25, -0.2) is 13.6 Å². The topological polar surface area (TPSA) is 49.3 Å². The van der Waals surface area contributed by atoms with E-state index in [9.17, 15) is 13.6 Å². The molecule has 0 fully saturated rings. The standard InChI is InChI=1S/C10H11F2NO2/c11-9(12)6-13-5-7-3-1-2-4-8(7)10(14)15/h1-4,9,13H,5-6H2,(H,14,15). The van der Waals surface area contributed by atoms with Crippen LogP contribution in [-0.2, 0) is 6.54 Å². The number of alkyl halides is 2. The first-order valence-corrected chi connectivity index (χ1v) is 4.41. The minimum Gasteiger partial charge on any atom is -0.478 e. The summed E-state index contributed by atoms with van der Waals surface area (Å²) in [6.45, 7) is -0.305. The number of benzene rings is 1. The third-order valence-corrected chi connectivity index (χ3v) is 1.86. The minimum absolute atomic E-state index is 0.132. The Balaban J connectivity index is 2.63. The normalized spacial score (nSPS) is 10.6. The van der Waals surface area contributed by atoms with Crippen LogP contribution in [0, 0.1) is 0 Å². The molecule has 3 nitrogen and oxygen atoms in total. The molecule has 0 saturated carbocycles. The van der Waals surface area contributed by atoms with Crippen LogP contribution in [0.3, 0.4) is 0 Å². The number of rotatable bonds is 5. The molecule has 0 heterocycles. The first kappa shape index (κ1) is 11.6. The van der Waals surface area contributed by atoms with Gasteiger partial charge in [-0.05, 0) is 11.6 Å². The van der Waals surface area contributed by atoms with Gasteiger partial charge in [0.1, 0.15) is 0 Å². The van der Waals surface area contributed by atoms with Crippen molar-refractivity contribution in [1.29, 1.82) is 0 Å². The second kappa shape index (κ2) is 5.41. The molecule has 0 spiro atoms. The molecule has 82 valence electrons. The molecule has 0 radical (unpaired) electrons. The molecule has 1 aromatic rings. The van der Waals surface area contributed by atoms with Crippen molar-refractivity contribution in [3.63, 3.8) is 0 Å². The van der Waals surface area contributed by atoms with Gasteiger partial charge in [-0.3, -0.25) is 0 Å². The van der Waals surface area contributed by atoms with E-state index in [4.69, 9.17) is 5.11 Å². The van der Waals surface area contributed by atoms with E-state index in [0.29, 0.717) is 5.56 Å². The first-order valence-electron chi connectivity index (χ1n) is 4.41. The SMILES string of the molecule is O=C(O)c1ccccc1CNCC(F)F. The predicted molar refractivity (Wildman–Crippen MR) is 51.1 cm³/mol. The molecule has 0 aliphatic heterocycles. The summed E-state index contributed by atoms with van der Waals surface area (Å²) < 4.78 is 23.6. The average molecular weight is 215 g/mol. The maximum atomic E-state index is 11.8. The zero-order valence-corrected chi connectivity index (χ0v) is 7.91. The van der Waals surface area contributed by atoms with Gasteiger partial charge in [0.25, 0.3) is 6.43 Å². The summed E-state index contributed by atoms with van der Waals surface area (Å²) in [4.78, 5) is 10.7. The van der Waals surface area contributed by atoms with Crippen LogP contribution in [0.4, 0.5) is 8.78 Å². The fourth-order valence-electron chi connectivity index (χ4n) is 1.20. The van der Waals surface area contributed by atoms with Crippen molar-refractivity contribution >= 4 is 5.97 Å². The van der Waals surface area contributed by atoms with E-state index in [0.717, 1.165) is 0 Å². The van der Waals surface area contributed by atoms with Crippen molar-refractivity contribution in [3.8, 4) is 0 Å². The van der Waals surface area contributed by atoms with Crippen LogP contribution in [-0.4, -0.2) is 24.0 Å². The van der Waals surface area contributed by atoms with Crippen LogP contribution in [0.2, 0.25) is 0 Å². The molecule has 2 N–H and O–H groups in total. The Morgan fingerprint density at radius 3 is 2.67 bits per heavy atom. The van der Waals surface area contributed by atoms with Crippen molar-refractivity contribution < 1.29 is 18.7 Å². The number of halogens is 2. The second-order valence-electron chi connectivity index (χ2n) is 2.98. The van der Waals surface area contributed by atoms with E-state index in [1.165, 1.54) is 6.07 Å². The molecule has 0 amide bonds. The number of aromatic carboxylic acids is 1. The molecular formula is C10H11F2NO2. The third kappa shape index (κ3) is 3.63. The highest BCUT2D eigenvalue weighted by Crippen LogP contribution is 2.08. The number of carboxylic acid groups (broad SMARTS) is 1. The van der Waals surface area contributed by atoms with Crippen LogP contribution in [0.1, 0.15) is 15.9 Å². The Hall–Kier alpha value is -1.49. The monoisotopic (exact) mass is 215 g/mol. The fraction of sp³-hybridized carbons (Fsp3) is 0.300. The summed E-state index contributed by atoms with van der Waals surface area (Å²) in [5.41, 5.74) is 0.643. The van der Waals surface area contributed by atoms with Gasteiger partial charge in [-0.15, -0.1) is 0 Å². The largest absolute Gasteiger partial charge is 0.478 e. The molecular weight excluding hydrogens is 204 g/mol. The van der Waals surface area contributed by atoms with Gasteiger partial charge in [0.2, 0.25) is 0 Å². The van der Waals surface area contributed by atoms with E-state index < -0.39 is 18.9 Å². The van der Waals surface area contributed by atoms with Gasteiger partial charge in [0.15, 0.2) is 0 Å². The Bertz CT molecular complexity index is 342. The summed E-state index contributed by atoms with van der Waals surface area (Å²) in [6, 6.07) is 6.32. The molecule has 0 unspecified atom stereocenters. The zero-order valence-electron chi connectivity index (χ0n) is 7.91. The van der Waals surface area contributed by atoms with Crippen LogP contribution in [0.15, 0.2) is 24.3 Å². The van der Waals surface area contributed by atoms with Gasteiger partial charge < -0.3 is 10.4 Å². The smallest absolute Gasteiger partial charge is 0.336 e. The Morgan fingerprint density at radius 1 is 1.40 bits per heavy atom. The maximum absolute atomic E-state index is 11.8. The minimum atomic E-state index is -2.43. The lowest BCUT2D eigenvalue weighted by atomic mass is 10.1. The highest BCUT2D eigenvalue weighted by atomic mass is 19.3. The quantitative estimate of drug-likeness (QED) is 0.786. The highest BCUT2D eigenvalue weighted by Gasteiger charge is 2.09. The Morgan fingerprint density at radius 2 is 2.07 bits per heavy atom. The van der Waals surface area contributed by atoms with Crippen molar-refractivity contribution in [2.75, 3.05) is 6.54 Å². The number of carbonyl (C=O) groups is 1. The molecule has 5 heteroatoms. The van der Waals surface area contributed by atoms with E-state index in [1.54, 1.807) is 18.2 Å².